The Morgan fingerprint density at radius 1 is 0.862 bits per heavy atom. The number of carbonyl (C=O) groups is 2. The zero-order chi connectivity index (χ0) is 20.1. The van der Waals surface area contributed by atoms with E-state index in [9.17, 15) is 9.59 Å². The molecule has 0 radical (unpaired) electrons. The maximum Gasteiger partial charge on any atom is 0.277 e. The predicted molar refractivity (Wildman–Crippen MR) is 110 cm³/mol. The molecule has 2 amide bonds. The summed E-state index contributed by atoms with van der Waals surface area (Å²) >= 11 is 1.33. The molecule has 29 heavy (non-hydrogen) atoms. The van der Waals surface area contributed by atoms with Crippen LogP contribution in [0.25, 0.3) is 0 Å². The first-order valence-electron chi connectivity index (χ1n) is 10.9. The van der Waals surface area contributed by atoms with Crippen molar-refractivity contribution in [2.45, 2.75) is 56.1 Å². The molecule has 0 N–H and O–H groups in total. The largest absolute Gasteiger partial charge is 0.416 e. The van der Waals surface area contributed by atoms with Gasteiger partial charge in [0.25, 0.3) is 5.22 Å². The van der Waals surface area contributed by atoms with Crippen LogP contribution in [0.5, 0.6) is 0 Å². The number of carbonyl (C=O) groups excluding carboxylic acids is 2. The Kier molecular flexibility index (Phi) is 7.07. The van der Waals surface area contributed by atoms with Crippen molar-refractivity contribution in [1.82, 2.24) is 24.9 Å². The highest BCUT2D eigenvalue weighted by atomic mass is 32.2. The molecule has 3 heterocycles. The number of amides is 2. The average molecular weight is 422 g/mol. The van der Waals surface area contributed by atoms with Gasteiger partial charge in [0.2, 0.25) is 17.7 Å². The van der Waals surface area contributed by atoms with Gasteiger partial charge in [-0.2, -0.15) is 0 Å². The summed E-state index contributed by atoms with van der Waals surface area (Å²) in [5, 5.41) is 8.81. The summed E-state index contributed by atoms with van der Waals surface area (Å²) in [7, 11) is 0. The maximum atomic E-state index is 12.5. The van der Waals surface area contributed by atoms with E-state index < -0.39 is 0 Å². The second-order valence-electron chi connectivity index (χ2n) is 8.27. The molecule has 9 heteroatoms. The van der Waals surface area contributed by atoms with Gasteiger partial charge in [0.1, 0.15) is 0 Å². The molecule has 0 bridgehead atoms. The number of rotatable bonds is 6. The van der Waals surface area contributed by atoms with Crippen LogP contribution in [0, 0.1) is 0 Å². The summed E-state index contributed by atoms with van der Waals surface area (Å²) in [6.45, 7) is 5.11. The zero-order valence-electron chi connectivity index (χ0n) is 17.1. The van der Waals surface area contributed by atoms with Gasteiger partial charge in [-0.05, 0) is 25.7 Å². The van der Waals surface area contributed by atoms with Gasteiger partial charge in [-0.3, -0.25) is 14.5 Å². The van der Waals surface area contributed by atoms with E-state index in [0.29, 0.717) is 36.5 Å². The van der Waals surface area contributed by atoms with Crippen LogP contribution in [0.4, 0.5) is 0 Å². The molecular formula is C20H31N5O3S. The van der Waals surface area contributed by atoms with Crippen molar-refractivity contribution in [3.63, 3.8) is 0 Å². The minimum absolute atomic E-state index is 0.0953. The first-order valence-corrected chi connectivity index (χ1v) is 11.9. The third kappa shape index (κ3) is 5.51. The van der Waals surface area contributed by atoms with Gasteiger partial charge in [0.15, 0.2) is 0 Å². The lowest BCUT2D eigenvalue weighted by Gasteiger charge is -2.34. The Balaban J connectivity index is 1.17. The van der Waals surface area contributed by atoms with Gasteiger partial charge < -0.3 is 14.2 Å². The first kappa shape index (κ1) is 20.7. The highest BCUT2D eigenvalue weighted by Gasteiger charge is 2.26. The third-order valence-corrected chi connectivity index (χ3v) is 7.04. The van der Waals surface area contributed by atoms with Crippen molar-refractivity contribution in [2.24, 2.45) is 0 Å². The van der Waals surface area contributed by atoms with Gasteiger partial charge >= 0.3 is 0 Å². The van der Waals surface area contributed by atoms with E-state index >= 15 is 0 Å². The van der Waals surface area contributed by atoms with Gasteiger partial charge in [-0.25, -0.2) is 0 Å². The summed E-state index contributed by atoms with van der Waals surface area (Å²) in [5.74, 6) is 1.76. The van der Waals surface area contributed by atoms with Gasteiger partial charge in [0, 0.05) is 45.2 Å². The van der Waals surface area contributed by atoms with Crippen LogP contribution in [0.15, 0.2) is 9.64 Å². The van der Waals surface area contributed by atoms with E-state index in [2.05, 4.69) is 15.1 Å². The highest BCUT2D eigenvalue weighted by molar-refractivity contribution is 7.99. The van der Waals surface area contributed by atoms with Crippen LogP contribution in [0.3, 0.4) is 0 Å². The Morgan fingerprint density at radius 2 is 1.55 bits per heavy atom. The van der Waals surface area contributed by atoms with Gasteiger partial charge in [0.05, 0.1) is 12.3 Å². The smallest absolute Gasteiger partial charge is 0.277 e. The Bertz CT molecular complexity index is 692. The van der Waals surface area contributed by atoms with E-state index in [1.54, 1.807) is 0 Å². The Morgan fingerprint density at radius 3 is 2.28 bits per heavy atom. The fourth-order valence-electron chi connectivity index (χ4n) is 4.42. The average Bonchev–Trinajstić information content (AvgIpc) is 3.45. The molecule has 8 nitrogen and oxygen atoms in total. The van der Waals surface area contributed by atoms with E-state index in [-0.39, 0.29) is 11.8 Å². The number of likely N-dealkylation sites (tertiary alicyclic amines) is 1. The van der Waals surface area contributed by atoms with Crippen molar-refractivity contribution in [3.8, 4) is 0 Å². The van der Waals surface area contributed by atoms with Crippen LogP contribution in [0.2, 0.25) is 0 Å². The van der Waals surface area contributed by atoms with Crippen molar-refractivity contribution in [2.75, 3.05) is 51.6 Å². The molecular weight excluding hydrogens is 390 g/mol. The van der Waals surface area contributed by atoms with E-state index in [1.165, 1.54) is 31.0 Å². The molecule has 0 spiro atoms. The lowest BCUT2D eigenvalue weighted by atomic mass is 9.89. The molecule has 0 unspecified atom stereocenters. The number of nitrogens with zero attached hydrogens (tertiary/aromatic N) is 5. The van der Waals surface area contributed by atoms with Crippen LogP contribution >= 0.6 is 11.8 Å². The van der Waals surface area contributed by atoms with Gasteiger partial charge in [-0.15, -0.1) is 10.2 Å². The molecule has 0 atom stereocenters. The quantitative estimate of drug-likeness (QED) is 0.650. The predicted octanol–water partition coefficient (Wildman–Crippen LogP) is 1.98. The Hall–Kier alpha value is -1.61. The number of thioether (sulfide) groups is 1. The second kappa shape index (κ2) is 9.93. The van der Waals surface area contributed by atoms with Crippen LogP contribution < -0.4 is 0 Å². The normalized spacial score (nSPS) is 21.7. The van der Waals surface area contributed by atoms with E-state index in [1.807, 2.05) is 9.80 Å². The molecule has 160 valence electrons. The molecule has 2 aliphatic heterocycles. The van der Waals surface area contributed by atoms with Crippen LogP contribution in [-0.4, -0.2) is 88.3 Å². The lowest BCUT2D eigenvalue weighted by molar-refractivity contribution is -0.133. The molecule has 1 saturated carbocycles. The fraction of sp³-hybridized carbons (Fsp3) is 0.800. The molecule has 1 aromatic heterocycles. The minimum Gasteiger partial charge on any atom is -0.416 e. The molecule has 3 aliphatic rings. The lowest BCUT2D eigenvalue weighted by Crippen LogP contribution is -2.51. The fourth-order valence-corrected chi connectivity index (χ4v) is 5.09. The Labute approximate surface area is 176 Å². The number of hydrogen-bond donors (Lipinski definition) is 0. The van der Waals surface area contributed by atoms with Crippen LogP contribution in [0.1, 0.15) is 56.8 Å². The standard InChI is InChI=1S/C20H31N5O3S/c26-17(24-8-4-5-9-24)14-23-10-12-25(13-11-23)18(27)15-29-20-22-21-19(28-20)16-6-2-1-3-7-16/h16H,1-15H2. The summed E-state index contributed by atoms with van der Waals surface area (Å²) in [5.41, 5.74) is 0. The summed E-state index contributed by atoms with van der Waals surface area (Å²) < 4.78 is 5.79. The second-order valence-corrected chi connectivity index (χ2v) is 9.20. The van der Waals surface area contributed by atoms with E-state index in [4.69, 9.17) is 4.42 Å². The van der Waals surface area contributed by atoms with Crippen molar-refractivity contribution < 1.29 is 14.0 Å². The van der Waals surface area contributed by atoms with Gasteiger partial charge in [-0.1, -0.05) is 31.0 Å². The first-order chi connectivity index (χ1) is 14.2. The molecule has 1 aromatic rings. The third-order valence-electron chi connectivity index (χ3n) is 6.24. The van der Waals surface area contributed by atoms with Crippen molar-refractivity contribution in [3.05, 3.63) is 5.89 Å². The molecule has 3 fully saturated rings. The molecule has 1 aliphatic carbocycles. The maximum absolute atomic E-state index is 12.5. The number of hydrogen-bond acceptors (Lipinski definition) is 7. The highest BCUT2D eigenvalue weighted by Crippen LogP contribution is 2.32. The topological polar surface area (TPSA) is 82.8 Å². The summed E-state index contributed by atoms with van der Waals surface area (Å²) in [4.78, 5) is 30.8. The van der Waals surface area contributed by atoms with E-state index in [0.717, 1.165) is 57.8 Å². The molecule has 2 saturated heterocycles. The number of aromatic nitrogens is 2. The zero-order valence-corrected chi connectivity index (χ0v) is 17.9. The molecule has 4 rings (SSSR count). The molecule has 0 aromatic carbocycles. The van der Waals surface area contributed by atoms with Crippen molar-refractivity contribution >= 4 is 23.6 Å². The number of piperazine rings is 1. The summed E-state index contributed by atoms with van der Waals surface area (Å²) in [6.07, 6.45) is 8.22. The van der Waals surface area contributed by atoms with Crippen LogP contribution in [-0.2, 0) is 9.59 Å². The van der Waals surface area contributed by atoms with Crippen molar-refractivity contribution in [1.29, 1.82) is 0 Å². The monoisotopic (exact) mass is 421 g/mol. The summed E-state index contributed by atoms with van der Waals surface area (Å²) in [6, 6.07) is 0. The minimum atomic E-state index is 0.0953. The SMILES string of the molecule is O=C(CSc1nnc(C2CCCCC2)o1)N1CCN(CC(=O)N2CCCC2)CC1.